The van der Waals surface area contributed by atoms with E-state index in [-0.39, 0.29) is 18.1 Å². The molecular formula is C22H24FN3O. The zero-order valence-electron chi connectivity index (χ0n) is 15.5. The Bertz CT molecular complexity index is 954. The average molecular weight is 365 g/mol. The van der Waals surface area contributed by atoms with E-state index in [4.69, 9.17) is 0 Å². The summed E-state index contributed by atoms with van der Waals surface area (Å²) in [6.07, 6.45) is 1.19. The van der Waals surface area contributed by atoms with Gasteiger partial charge in [0, 0.05) is 42.8 Å². The van der Waals surface area contributed by atoms with Crippen molar-refractivity contribution in [3.05, 3.63) is 70.7 Å². The fourth-order valence-electron chi connectivity index (χ4n) is 3.90. The Hall–Kier alpha value is -2.66. The van der Waals surface area contributed by atoms with Crippen LogP contribution in [-0.4, -0.2) is 28.9 Å². The molecule has 0 spiro atoms. The van der Waals surface area contributed by atoms with Gasteiger partial charge in [0.1, 0.15) is 5.82 Å². The second-order valence-corrected chi connectivity index (χ2v) is 7.28. The third-order valence-electron chi connectivity index (χ3n) is 5.30. The van der Waals surface area contributed by atoms with Gasteiger partial charge in [-0.05, 0) is 48.2 Å². The van der Waals surface area contributed by atoms with Gasteiger partial charge in [0.2, 0.25) is 5.91 Å². The molecule has 1 aromatic heterocycles. The molecule has 2 aromatic carbocycles. The number of carbonyl (C=O) groups excluding carboxylic acids is 1. The number of aryl methyl sites for hydroxylation is 1. The molecule has 0 fully saturated rings. The van der Waals surface area contributed by atoms with Gasteiger partial charge >= 0.3 is 0 Å². The number of halogens is 1. The van der Waals surface area contributed by atoms with Gasteiger partial charge in [-0.15, -0.1) is 0 Å². The van der Waals surface area contributed by atoms with Crippen molar-refractivity contribution >= 4 is 16.8 Å². The second kappa shape index (κ2) is 7.53. The molecule has 5 heteroatoms. The summed E-state index contributed by atoms with van der Waals surface area (Å²) in [5.74, 6) is -0.303. The fourth-order valence-corrected chi connectivity index (χ4v) is 3.90. The molecule has 0 saturated heterocycles. The van der Waals surface area contributed by atoms with Crippen LogP contribution in [0.2, 0.25) is 0 Å². The summed E-state index contributed by atoms with van der Waals surface area (Å²) in [5, 5.41) is 3.79. The number of amides is 1. The van der Waals surface area contributed by atoms with Crippen LogP contribution >= 0.6 is 0 Å². The van der Waals surface area contributed by atoms with Crippen LogP contribution in [0.25, 0.3) is 10.9 Å². The van der Waals surface area contributed by atoms with Crippen LogP contribution in [0.3, 0.4) is 0 Å². The van der Waals surface area contributed by atoms with Gasteiger partial charge in [-0.2, -0.15) is 0 Å². The normalized spacial score (nSPS) is 13.9. The minimum atomic E-state index is -0.283. The molecule has 4 nitrogen and oxygen atoms in total. The summed E-state index contributed by atoms with van der Waals surface area (Å²) in [5.41, 5.74) is 5.47. The first kappa shape index (κ1) is 17.7. The van der Waals surface area contributed by atoms with Crippen molar-refractivity contribution in [3.63, 3.8) is 0 Å². The lowest BCUT2D eigenvalue weighted by Gasteiger charge is -2.14. The molecule has 0 aliphatic carbocycles. The summed E-state index contributed by atoms with van der Waals surface area (Å²) >= 11 is 0. The zero-order valence-corrected chi connectivity index (χ0v) is 15.5. The lowest BCUT2D eigenvalue weighted by Crippen LogP contribution is -2.29. The highest BCUT2D eigenvalue weighted by atomic mass is 19.1. The molecule has 4 rings (SSSR count). The lowest BCUT2D eigenvalue weighted by atomic mass is 10.1. The third kappa shape index (κ3) is 3.88. The fraction of sp³-hybridized carbons (Fsp3) is 0.318. The standard InChI is InChI=1S/C22H24FN3O/c1-15-19(20-11-18(23)7-8-21(20)25-15)12-22(27)24-9-4-10-26-13-16-5-2-3-6-17(16)14-26/h2-3,5-8,11,25H,4,9-10,12-14H2,1H3,(H,24,27). The van der Waals surface area contributed by atoms with Crippen molar-refractivity contribution in [2.24, 2.45) is 0 Å². The van der Waals surface area contributed by atoms with Crippen LogP contribution < -0.4 is 5.32 Å². The van der Waals surface area contributed by atoms with Gasteiger partial charge in [0.05, 0.1) is 6.42 Å². The topological polar surface area (TPSA) is 48.1 Å². The summed E-state index contributed by atoms with van der Waals surface area (Å²) in [4.78, 5) is 18.0. The average Bonchev–Trinajstić information content (AvgIpc) is 3.20. The van der Waals surface area contributed by atoms with Crippen molar-refractivity contribution in [3.8, 4) is 0 Å². The second-order valence-electron chi connectivity index (χ2n) is 7.28. The highest BCUT2D eigenvalue weighted by molar-refractivity contribution is 5.90. The highest BCUT2D eigenvalue weighted by Crippen LogP contribution is 2.24. The molecular weight excluding hydrogens is 341 g/mol. The van der Waals surface area contributed by atoms with Crippen molar-refractivity contribution in [2.45, 2.75) is 32.9 Å². The molecule has 140 valence electrons. The molecule has 0 bridgehead atoms. The zero-order chi connectivity index (χ0) is 18.8. The van der Waals surface area contributed by atoms with Crippen molar-refractivity contribution < 1.29 is 9.18 Å². The number of hydrogen-bond donors (Lipinski definition) is 2. The van der Waals surface area contributed by atoms with E-state index in [1.54, 1.807) is 6.07 Å². The Kier molecular flexibility index (Phi) is 4.94. The molecule has 0 saturated carbocycles. The summed E-state index contributed by atoms with van der Waals surface area (Å²) in [6.45, 7) is 5.52. The first-order valence-corrected chi connectivity index (χ1v) is 9.42. The number of aromatic nitrogens is 1. The van der Waals surface area contributed by atoms with Crippen LogP contribution in [0.4, 0.5) is 4.39 Å². The number of aromatic amines is 1. The maximum absolute atomic E-state index is 13.5. The lowest BCUT2D eigenvalue weighted by molar-refractivity contribution is -0.120. The molecule has 1 amide bonds. The molecule has 27 heavy (non-hydrogen) atoms. The van der Waals surface area contributed by atoms with Crippen LogP contribution in [-0.2, 0) is 24.3 Å². The molecule has 2 N–H and O–H groups in total. The summed E-state index contributed by atoms with van der Waals surface area (Å²) < 4.78 is 13.5. The Morgan fingerprint density at radius 3 is 2.67 bits per heavy atom. The monoisotopic (exact) mass is 365 g/mol. The molecule has 2 heterocycles. The largest absolute Gasteiger partial charge is 0.358 e. The van der Waals surface area contributed by atoms with Gasteiger partial charge in [-0.3, -0.25) is 9.69 Å². The third-order valence-corrected chi connectivity index (χ3v) is 5.30. The Morgan fingerprint density at radius 2 is 1.93 bits per heavy atom. The number of benzene rings is 2. The Morgan fingerprint density at radius 1 is 1.19 bits per heavy atom. The van der Waals surface area contributed by atoms with Crippen molar-refractivity contribution in [1.82, 2.24) is 15.2 Å². The predicted molar refractivity (Wildman–Crippen MR) is 105 cm³/mol. The SMILES string of the molecule is Cc1[nH]c2ccc(F)cc2c1CC(=O)NCCCN1Cc2ccccc2C1. The smallest absolute Gasteiger partial charge is 0.224 e. The number of hydrogen-bond acceptors (Lipinski definition) is 2. The van der Waals surface area contributed by atoms with Crippen LogP contribution in [0.15, 0.2) is 42.5 Å². The summed E-state index contributed by atoms with van der Waals surface area (Å²) in [7, 11) is 0. The number of fused-ring (bicyclic) bond motifs is 2. The van der Waals surface area contributed by atoms with Crippen molar-refractivity contribution in [1.29, 1.82) is 0 Å². The van der Waals surface area contributed by atoms with E-state index >= 15 is 0 Å². The molecule has 0 unspecified atom stereocenters. The van der Waals surface area contributed by atoms with E-state index in [1.165, 1.54) is 23.3 Å². The Balaban J connectivity index is 1.26. The first-order chi connectivity index (χ1) is 13.1. The van der Waals surface area contributed by atoms with E-state index in [1.807, 2.05) is 6.92 Å². The maximum atomic E-state index is 13.5. The number of nitrogens with zero attached hydrogens (tertiary/aromatic N) is 1. The number of carbonyl (C=O) groups is 1. The van der Waals surface area contributed by atoms with E-state index < -0.39 is 0 Å². The first-order valence-electron chi connectivity index (χ1n) is 9.42. The van der Waals surface area contributed by atoms with Gasteiger partial charge in [0.25, 0.3) is 0 Å². The van der Waals surface area contributed by atoms with Crippen LogP contribution in [0, 0.1) is 12.7 Å². The van der Waals surface area contributed by atoms with Crippen molar-refractivity contribution in [2.75, 3.05) is 13.1 Å². The van der Waals surface area contributed by atoms with E-state index in [0.29, 0.717) is 6.54 Å². The molecule has 0 atom stereocenters. The predicted octanol–water partition coefficient (Wildman–Crippen LogP) is 3.68. The van der Waals surface area contributed by atoms with Gasteiger partial charge in [-0.1, -0.05) is 24.3 Å². The van der Waals surface area contributed by atoms with E-state index in [0.717, 1.165) is 48.2 Å². The minimum Gasteiger partial charge on any atom is -0.358 e. The molecule has 1 aliphatic rings. The Labute approximate surface area is 158 Å². The van der Waals surface area contributed by atoms with Gasteiger partial charge in [0.15, 0.2) is 0 Å². The quantitative estimate of drug-likeness (QED) is 0.655. The van der Waals surface area contributed by atoms with Gasteiger partial charge in [-0.25, -0.2) is 4.39 Å². The highest BCUT2D eigenvalue weighted by Gasteiger charge is 2.17. The number of nitrogens with one attached hydrogen (secondary N) is 2. The van der Waals surface area contributed by atoms with E-state index in [2.05, 4.69) is 39.5 Å². The van der Waals surface area contributed by atoms with Crippen LogP contribution in [0.1, 0.15) is 28.8 Å². The van der Waals surface area contributed by atoms with Gasteiger partial charge < -0.3 is 10.3 Å². The molecule has 1 aliphatic heterocycles. The summed E-state index contributed by atoms with van der Waals surface area (Å²) in [6, 6.07) is 13.2. The molecule has 3 aromatic rings. The number of H-pyrrole nitrogens is 1. The van der Waals surface area contributed by atoms with E-state index in [9.17, 15) is 9.18 Å². The maximum Gasteiger partial charge on any atom is 0.224 e. The van der Waals surface area contributed by atoms with Crippen LogP contribution in [0.5, 0.6) is 0 Å². The minimum absolute atomic E-state index is 0.0204. The molecule has 0 radical (unpaired) electrons. The number of rotatable bonds is 6.